The van der Waals surface area contributed by atoms with Crippen molar-refractivity contribution in [1.29, 1.82) is 0 Å². The van der Waals surface area contributed by atoms with Gasteiger partial charge in [-0.05, 0) is 29.7 Å². The molecular weight excluding hydrogens is 250 g/mol. The molecule has 20 heavy (non-hydrogen) atoms. The number of nitrogens with two attached hydrogens (primary N) is 1. The molecule has 106 valence electrons. The molecule has 0 bridgehead atoms. The molecule has 0 radical (unpaired) electrons. The van der Waals surface area contributed by atoms with Crippen molar-refractivity contribution in [1.82, 2.24) is 0 Å². The van der Waals surface area contributed by atoms with E-state index in [-0.39, 0.29) is 6.04 Å². The number of para-hydroxylation sites is 2. The molecule has 0 spiro atoms. The highest BCUT2D eigenvalue weighted by molar-refractivity contribution is 5.39. The van der Waals surface area contributed by atoms with E-state index in [0.29, 0.717) is 6.61 Å². The first-order valence-corrected chi connectivity index (χ1v) is 6.84. The lowest BCUT2D eigenvalue weighted by Gasteiger charge is -2.15. The van der Waals surface area contributed by atoms with Crippen molar-refractivity contribution in [3.05, 3.63) is 59.7 Å². The van der Waals surface area contributed by atoms with Gasteiger partial charge in [0, 0.05) is 0 Å². The van der Waals surface area contributed by atoms with E-state index in [2.05, 4.69) is 31.2 Å². The molecule has 3 heteroatoms. The minimum atomic E-state index is -0.147. The van der Waals surface area contributed by atoms with Crippen LogP contribution in [0.25, 0.3) is 0 Å². The maximum atomic E-state index is 6.16. The average molecular weight is 271 g/mol. The first kappa shape index (κ1) is 14.4. The molecule has 2 aromatic rings. The molecule has 0 heterocycles. The zero-order chi connectivity index (χ0) is 14.4. The van der Waals surface area contributed by atoms with Crippen molar-refractivity contribution in [3.63, 3.8) is 0 Å². The van der Waals surface area contributed by atoms with Gasteiger partial charge in [0.1, 0.15) is 6.61 Å². The van der Waals surface area contributed by atoms with Crippen LogP contribution in [-0.2, 0) is 6.42 Å². The summed E-state index contributed by atoms with van der Waals surface area (Å²) in [5.41, 5.74) is 8.55. The lowest BCUT2D eigenvalue weighted by Crippen LogP contribution is -2.19. The van der Waals surface area contributed by atoms with Crippen molar-refractivity contribution in [2.75, 3.05) is 13.7 Å². The number of methoxy groups -OCH3 is 1. The van der Waals surface area contributed by atoms with Gasteiger partial charge in [0.05, 0.1) is 13.2 Å². The van der Waals surface area contributed by atoms with Gasteiger partial charge in [0.2, 0.25) is 0 Å². The second-order valence-electron chi connectivity index (χ2n) is 4.66. The van der Waals surface area contributed by atoms with E-state index in [4.69, 9.17) is 15.2 Å². The van der Waals surface area contributed by atoms with Gasteiger partial charge in [0.25, 0.3) is 0 Å². The highest BCUT2D eigenvalue weighted by atomic mass is 16.5. The SMILES string of the molecule is CCc1ccc(C(N)COc2ccccc2OC)cc1. The van der Waals surface area contributed by atoms with E-state index in [1.54, 1.807) is 7.11 Å². The fourth-order valence-electron chi connectivity index (χ4n) is 2.01. The molecule has 3 nitrogen and oxygen atoms in total. The van der Waals surface area contributed by atoms with Gasteiger partial charge < -0.3 is 15.2 Å². The van der Waals surface area contributed by atoms with Crippen molar-refractivity contribution in [2.24, 2.45) is 5.73 Å². The lowest BCUT2D eigenvalue weighted by molar-refractivity contribution is 0.273. The fourth-order valence-corrected chi connectivity index (χ4v) is 2.01. The van der Waals surface area contributed by atoms with Crippen LogP contribution < -0.4 is 15.2 Å². The quantitative estimate of drug-likeness (QED) is 0.876. The number of hydrogen-bond acceptors (Lipinski definition) is 3. The summed E-state index contributed by atoms with van der Waals surface area (Å²) in [5, 5.41) is 0. The minimum Gasteiger partial charge on any atom is -0.493 e. The maximum absolute atomic E-state index is 6.16. The molecule has 1 unspecified atom stereocenters. The third-order valence-electron chi connectivity index (χ3n) is 3.30. The summed E-state index contributed by atoms with van der Waals surface area (Å²) in [7, 11) is 1.63. The van der Waals surface area contributed by atoms with Crippen LogP contribution in [-0.4, -0.2) is 13.7 Å². The van der Waals surface area contributed by atoms with Crippen LogP contribution in [0, 0.1) is 0 Å². The number of hydrogen-bond donors (Lipinski definition) is 1. The number of ether oxygens (including phenoxy) is 2. The summed E-state index contributed by atoms with van der Waals surface area (Å²) >= 11 is 0. The first-order valence-electron chi connectivity index (χ1n) is 6.84. The Kier molecular flexibility index (Phi) is 5.02. The molecule has 2 N–H and O–H groups in total. The monoisotopic (exact) mass is 271 g/mol. The summed E-state index contributed by atoms with van der Waals surface area (Å²) in [5.74, 6) is 1.44. The summed E-state index contributed by atoms with van der Waals surface area (Å²) < 4.78 is 11.0. The molecule has 0 aliphatic heterocycles. The van der Waals surface area contributed by atoms with Crippen LogP contribution in [0.4, 0.5) is 0 Å². The van der Waals surface area contributed by atoms with Gasteiger partial charge in [-0.2, -0.15) is 0 Å². The zero-order valence-corrected chi connectivity index (χ0v) is 12.0. The van der Waals surface area contributed by atoms with Gasteiger partial charge in [-0.3, -0.25) is 0 Å². The Morgan fingerprint density at radius 2 is 1.65 bits per heavy atom. The van der Waals surface area contributed by atoms with Crippen molar-refractivity contribution in [3.8, 4) is 11.5 Å². The fraction of sp³-hybridized carbons (Fsp3) is 0.294. The second kappa shape index (κ2) is 6.96. The zero-order valence-electron chi connectivity index (χ0n) is 12.0. The molecular formula is C17H21NO2. The van der Waals surface area contributed by atoms with Crippen molar-refractivity contribution >= 4 is 0 Å². The minimum absolute atomic E-state index is 0.147. The van der Waals surface area contributed by atoms with Crippen LogP contribution in [0.3, 0.4) is 0 Å². The summed E-state index contributed by atoms with van der Waals surface area (Å²) in [6.45, 7) is 2.56. The predicted octanol–water partition coefficient (Wildman–Crippen LogP) is 3.34. The molecule has 0 aliphatic carbocycles. The Bertz CT molecular complexity index is 537. The van der Waals surface area contributed by atoms with Crippen molar-refractivity contribution < 1.29 is 9.47 Å². The Morgan fingerprint density at radius 1 is 1.00 bits per heavy atom. The molecule has 0 saturated heterocycles. The molecule has 0 saturated carbocycles. The standard InChI is InChI=1S/C17H21NO2/c1-3-13-8-10-14(11-9-13)15(18)12-20-17-7-5-4-6-16(17)19-2/h4-11,15H,3,12,18H2,1-2H3. The number of aryl methyl sites for hydroxylation is 1. The third kappa shape index (κ3) is 3.52. The van der Waals surface area contributed by atoms with E-state index in [0.717, 1.165) is 23.5 Å². The molecule has 0 fully saturated rings. The highest BCUT2D eigenvalue weighted by Gasteiger charge is 2.09. The van der Waals surface area contributed by atoms with Gasteiger partial charge in [-0.25, -0.2) is 0 Å². The van der Waals surface area contributed by atoms with E-state index in [9.17, 15) is 0 Å². The normalized spacial score (nSPS) is 11.9. The second-order valence-corrected chi connectivity index (χ2v) is 4.66. The van der Waals surface area contributed by atoms with E-state index < -0.39 is 0 Å². The number of benzene rings is 2. The van der Waals surface area contributed by atoms with Gasteiger partial charge in [0.15, 0.2) is 11.5 Å². The largest absolute Gasteiger partial charge is 0.493 e. The first-order chi connectivity index (χ1) is 9.74. The Morgan fingerprint density at radius 3 is 2.25 bits per heavy atom. The Labute approximate surface area is 120 Å². The molecule has 2 aromatic carbocycles. The van der Waals surface area contributed by atoms with Gasteiger partial charge in [-0.1, -0.05) is 43.3 Å². The highest BCUT2D eigenvalue weighted by Crippen LogP contribution is 2.26. The smallest absolute Gasteiger partial charge is 0.161 e. The van der Waals surface area contributed by atoms with E-state index in [1.807, 2.05) is 24.3 Å². The van der Waals surface area contributed by atoms with Gasteiger partial charge in [-0.15, -0.1) is 0 Å². The van der Waals surface area contributed by atoms with E-state index >= 15 is 0 Å². The van der Waals surface area contributed by atoms with Crippen LogP contribution in [0.5, 0.6) is 11.5 Å². The van der Waals surface area contributed by atoms with Crippen LogP contribution in [0.15, 0.2) is 48.5 Å². The maximum Gasteiger partial charge on any atom is 0.161 e. The lowest BCUT2D eigenvalue weighted by atomic mass is 10.1. The molecule has 0 amide bonds. The predicted molar refractivity (Wildman–Crippen MR) is 81.2 cm³/mol. The van der Waals surface area contributed by atoms with Crippen LogP contribution in [0.2, 0.25) is 0 Å². The number of rotatable bonds is 6. The average Bonchev–Trinajstić information content (AvgIpc) is 2.53. The Hall–Kier alpha value is -2.00. The third-order valence-corrected chi connectivity index (χ3v) is 3.30. The van der Waals surface area contributed by atoms with Gasteiger partial charge >= 0.3 is 0 Å². The van der Waals surface area contributed by atoms with Crippen LogP contribution >= 0.6 is 0 Å². The topological polar surface area (TPSA) is 44.5 Å². The molecule has 2 rings (SSSR count). The molecule has 1 atom stereocenters. The molecule has 0 aromatic heterocycles. The van der Waals surface area contributed by atoms with E-state index in [1.165, 1.54) is 5.56 Å². The summed E-state index contributed by atoms with van der Waals surface area (Å²) in [6, 6.07) is 15.8. The van der Waals surface area contributed by atoms with Crippen LogP contribution in [0.1, 0.15) is 24.1 Å². The summed E-state index contributed by atoms with van der Waals surface area (Å²) in [4.78, 5) is 0. The Balaban J connectivity index is 1.98. The summed E-state index contributed by atoms with van der Waals surface area (Å²) in [6.07, 6.45) is 1.03. The molecule has 0 aliphatic rings. The van der Waals surface area contributed by atoms with Crippen molar-refractivity contribution in [2.45, 2.75) is 19.4 Å².